The van der Waals surface area contributed by atoms with Crippen LogP contribution in [-0.2, 0) is 0 Å². The normalized spacial score (nSPS) is 38.4. The molecule has 3 saturated carbocycles. The van der Waals surface area contributed by atoms with Crippen LogP contribution in [0.3, 0.4) is 0 Å². The van der Waals surface area contributed by atoms with Crippen LogP contribution in [0.1, 0.15) is 33.1 Å². The first-order valence-corrected chi connectivity index (χ1v) is 5.73. The number of hydrogen-bond donors (Lipinski definition) is 3. The zero-order valence-corrected chi connectivity index (χ0v) is 9.66. The minimum absolute atomic E-state index is 0.500. The van der Waals surface area contributed by atoms with Gasteiger partial charge in [-0.15, -0.1) is 0 Å². The van der Waals surface area contributed by atoms with E-state index in [0.717, 1.165) is 11.8 Å². The summed E-state index contributed by atoms with van der Waals surface area (Å²) in [5.74, 6) is 6.97. The molecule has 4 heteroatoms. The second-order valence-corrected chi connectivity index (χ2v) is 5.57. The van der Waals surface area contributed by atoms with Crippen LogP contribution in [0.15, 0.2) is 0 Å². The Balaban J connectivity index is 1.97. The van der Waals surface area contributed by atoms with Crippen molar-refractivity contribution in [3.05, 3.63) is 0 Å². The van der Waals surface area contributed by atoms with E-state index < -0.39 is 0 Å². The van der Waals surface area contributed by atoms with Gasteiger partial charge in [-0.2, -0.15) is 0 Å². The third-order valence-electron chi connectivity index (χ3n) is 4.31. The number of nitrogens with one attached hydrogen (secondary N) is 2. The molecule has 3 unspecified atom stereocenters. The van der Waals surface area contributed by atoms with Crippen LogP contribution in [0.4, 0.5) is 0 Å². The van der Waals surface area contributed by atoms with Crippen LogP contribution in [0.5, 0.6) is 0 Å². The Morgan fingerprint density at radius 3 is 2.64 bits per heavy atom. The summed E-state index contributed by atoms with van der Waals surface area (Å²) >= 11 is 5.03. The van der Waals surface area contributed by atoms with Crippen molar-refractivity contribution in [3.63, 3.8) is 0 Å². The predicted molar refractivity (Wildman–Crippen MR) is 61.5 cm³/mol. The molecule has 2 bridgehead atoms. The summed E-state index contributed by atoms with van der Waals surface area (Å²) in [5, 5.41) is 3.89. The highest BCUT2D eigenvalue weighted by Gasteiger charge is 2.54. The zero-order valence-electron chi connectivity index (χ0n) is 8.84. The topological polar surface area (TPSA) is 50.1 Å². The highest BCUT2D eigenvalue weighted by Crippen LogP contribution is 2.58. The average molecular weight is 213 g/mol. The number of rotatable bonds is 1. The standard InChI is InChI=1S/C10H19N3S/c1-10(2)6-3-4-8(7(10)5-6)12-9(14)13-11/h6-8H,3-5,11H2,1-2H3,(H2,12,13,14). The number of fused-ring (bicyclic) bond motifs is 2. The first kappa shape index (κ1) is 10.2. The van der Waals surface area contributed by atoms with Gasteiger partial charge in [0.2, 0.25) is 0 Å². The molecule has 3 atom stereocenters. The Labute approximate surface area is 90.8 Å². The Kier molecular flexibility index (Phi) is 2.43. The lowest BCUT2D eigenvalue weighted by Crippen LogP contribution is -2.61. The zero-order chi connectivity index (χ0) is 10.3. The molecule has 0 spiro atoms. The summed E-state index contributed by atoms with van der Waals surface area (Å²) in [7, 11) is 0. The fraction of sp³-hybridized carbons (Fsp3) is 0.900. The summed E-state index contributed by atoms with van der Waals surface area (Å²) < 4.78 is 0. The Hall–Kier alpha value is -0.350. The van der Waals surface area contributed by atoms with Crippen LogP contribution < -0.4 is 16.6 Å². The lowest BCUT2D eigenvalue weighted by Gasteiger charge is -2.60. The van der Waals surface area contributed by atoms with E-state index in [0.29, 0.717) is 16.6 Å². The number of thiocarbonyl (C=S) groups is 1. The van der Waals surface area contributed by atoms with Crippen molar-refractivity contribution in [2.24, 2.45) is 23.1 Å². The van der Waals surface area contributed by atoms with E-state index in [4.69, 9.17) is 18.1 Å². The van der Waals surface area contributed by atoms with Crippen molar-refractivity contribution in [2.75, 3.05) is 0 Å². The summed E-state index contributed by atoms with van der Waals surface area (Å²) in [6, 6.07) is 0.526. The van der Waals surface area contributed by atoms with Crippen LogP contribution in [-0.4, -0.2) is 11.2 Å². The highest BCUT2D eigenvalue weighted by atomic mass is 32.1. The molecule has 14 heavy (non-hydrogen) atoms. The lowest BCUT2D eigenvalue weighted by atomic mass is 9.47. The third kappa shape index (κ3) is 1.41. The molecule has 3 fully saturated rings. The molecular formula is C10H19N3S. The Morgan fingerprint density at radius 1 is 1.43 bits per heavy atom. The average Bonchev–Trinajstić information content (AvgIpc) is 2.17. The summed E-state index contributed by atoms with van der Waals surface area (Å²) in [5.41, 5.74) is 3.00. The molecule has 80 valence electrons. The van der Waals surface area contributed by atoms with E-state index in [2.05, 4.69) is 24.6 Å². The summed E-state index contributed by atoms with van der Waals surface area (Å²) in [6.45, 7) is 4.75. The SMILES string of the molecule is CC1(C)C2CCC(NC(=S)NN)C1C2. The monoisotopic (exact) mass is 213 g/mol. The van der Waals surface area contributed by atoms with Crippen molar-refractivity contribution in [2.45, 2.75) is 39.2 Å². The fourth-order valence-electron chi connectivity index (χ4n) is 3.19. The van der Waals surface area contributed by atoms with Gasteiger partial charge in [0, 0.05) is 6.04 Å². The molecule has 0 amide bonds. The summed E-state index contributed by atoms with van der Waals surface area (Å²) in [6.07, 6.45) is 3.92. The minimum atomic E-state index is 0.500. The Bertz CT molecular complexity index is 250. The van der Waals surface area contributed by atoms with Gasteiger partial charge in [0.15, 0.2) is 5.11 Å². The van der Waals surface area contributed by atoms with E-state index in [1.807, 2.05) is 0 Å². The molecule has 0 aliphatic heterocycles. The molecule has 0 aromatic rings. The first-order chi connectivity index (χ1) is 6.55. The molecule has 0 heterocycles. The molecule has 0 radical (unpaired) electrons. The minimum Gasteiger partial charge on any atom is -0.359 e. The second-order valence-electron chi connectivity index (χ2n) is 5.16. The summed E-state index contributed by atoms with van der Waals surface area (Å²) in [4.78, 5) is 0. The van der Waals surface area contributed by atoms with Crippen molar-refractivity contribution in [1.82, 2.24) is 10.7 Å². The molecule has 3 nitrogen and oxygen atoms in total. The number of nitrogens with two attached hydrogens (primary N) is 1. The van der Waals surface area contributed by atoms with Crippen molar-refractivity contribution in [3.8, 4) is 0 Å². The molecular weight excluding hydrogens is 194 g/mol. The molecule has 3 aliphatic carbocycles. The molecule has 0 saturated heterocycles. The fourth-order valence-corrected chi connectivity index (χ4v) is 3.35. The van der Waals surface area contributed by atoms with E-state index in [-0.39, 0.29) is 0 Å². The van der Waals surface area contributed by atoms with Crippen LogP contribution in [0.25, 0.3) is 0 Å². The van der Waals surface area contributed by atoms with Crippen molar-refractivity contribution in [1.29, 1.82) is 0 Å². The number of hydrogen-bond acceptors (Lipinski definition) is 2. The molecule has 3 rings (SSSR count). The maximum atomic E-state index is 5.26. The highest BCUT2D eigenvalue weighted by molar-refractivity contribution is 7.80. The smallest absolute Gasteiger partial charge is 0.180 e. The molecule has 3 aliphatic rings. The van der Waals surface area contributed by atoms with Gasteiger partial charge in [0.1, 0.15) is 0 Å². The first-order valence-electron chi connectivity index (χ1n) is 5.33. The molecule has 4 N–H and O–H groups in total. The van der Waals surface area contributed by atoms with E-state index in [1.54, 1.807) is 0 Å². The molecule has 0 aromatic heterocycles. The maximum Gasteiger partial charge on any atom is 0.180 e. The van der Waals surface area contributed by atoms with Crippen LogP contribution >= 0.6 is 12.2 Å². The van der Waals surface area contributed by atoms with Gasteiger partial charge in [-0.1, -0.05) is 13.8 Å². The van der Waals surface area contributed by atoms with E-state index >= 15 is 0 Å². The van der Waals surface area contributed by atoms with E-state index in [9.17, 15) is 0 Å². The predicted octanol–water partition coefficient (Wildman–Crippen LogP) is 1.15. The van der Waals surface area contributed by atoms with Gasteiger partial charge < -0.3 is 10.7 Å². The van der Waals surface area contributed by atoms with Gasteiger partial charge in [-0.3, -0.25) is 0 Å². The lowest BCUT2D eigenvalue weighted by molar-refractivity contribution is -0.0826. The third-order valence-corrected chi connectivity index (χ3v) is 4.54. The Morgan fingerprint density at radius 2 is 2.14 bits per heavy atom. The molecule has 0 aromatic carbocycles. The maximum absolute atomic E-state index is 5.26. The largest absolute Gasteiger partial charge is 0.359 e. The van der Waals surface area contributed by atoms with E-state index in [1.165, 1.54) is 19.3 Å². The van der Waals surface area contributed by atoms with Crippen molar-refractivity contribution < 1.29 is 0 Å². The van der Waals surface area contributed by atoms with Gasteiger partial charge >= 0.3 is 0 Å². The second kappa shape index (κ2) is 3.35. The van der Waals surface area contributed by atoms with Gasteiger partial charge in [-0.05, 0) is 48.7 Å². The number of hydrazine groups is 1. The van der Waals surface area contributed by atoms with Gasteiger partial charge in [-0.25, -0.2) is 5.84 Å². The van der Waals surface area contributed by atoms with Gasteiger partial charge in [0.25, 0.3) is 0 Å². The van der Waals surface area contributed by atoms with Crippen LogP contribution in [0, 0.1) is 17.3 Å². The quantitative estimate of drug-likeness (QED) is 0.347. The van der Waals surface area contributed by atoms with Crippen LogP contribution in [0.2, 0.25) is 0 Å². The van der Waals surface area contributed by atoms with Crippen molar-refractivity contribution >= 4 is 17.3 Å². The van der Waals surface area contributed by atoms with Gasteiger partial charge in [0.05, 0.1) is 0 Å².